The SMILES string of the molecule is CC(C)C1=C2C3CCC4C(C)(CCC5C(C)(C)C(CC(=O)C6CC(C(=O)O)C6C)CCC54C)C3CCC2(CCNCC2(NC(=O)c3ccc(Cl)cc3)COC2)CC1=O. The fourth-order valence-electron chi connectivity index (χ4n) is 15.3. The van der Waals surface area contributed by atoms with Crippen molar-refractivity contribution in [1.82, 2.24) is 10.6 Å². The molecule has 8 nitrogen and oxygen atoms in total. The molecule has 0 spiro atoms. The van der Waals surface area contributed by atoms with Crippen molar-refractivity contribution in [2.45, 2.75) is 131 Å². The molecule has 6 fully saturated rings. The minimum Gasteiger partial charge on any atom is -0.481 e. The van der Waals surface area contributed by atoms with E-state index in [0.29, 0.717) is 90.8 Å². The number of carboxylic acids is 1. The number of carboxylic acid groups (broad SMARTS) is 1. The number of ether oxygens (including phenoxy) is 1. The Kier molecular flexibility index (Phi) is 11.0. The van der Waals surface area contributed by atoms with Gasteiger partial charge in [0.15, 0.2) is 5.78 Å². The topological polar surface area (TPSA) is 122 Å². The minimum atomic E-state index is -0.759. The summed E-state index contributed by atoms with van der Waals surface area (Å²) >= 11 is 6.06. The molecule has 0 radical (unpaired) electrons. The summed E-state index contributed by atoms with van der Waals surface area (Å²) in [4.78, 5) is 52.5. The van der Waals surface area contributed by atoms with Crippen LogP contribution in [0.25, 0.3) is 0 Å². The van der Waals surface area contributed by atoms with Crippen molar-refractivity contribution in [3.63, 3.8) is 0 Å². The predicted molar refractivity (Wildman–Crippen MR) is 226 cm³/mol. The third-order valence-electron chi connectivity index (χ3n) is 18.4. The van der Waals surface area contributed by atoms with Crippen LogP contribution in [-0.4, -0.2) is 60.4 Å². The molecule has 1 amide bonds. The smallest absolute Gasteiger partial charge is 0.306 e. The van der Waals surface area contributed by atoms with Gasteiger partial charge in [-0.2, -0.15) is 0 Å². The number of rotatable bonds is 12. The van der Waals surface area contributed by atoms with Crippen LogP contribution in [0.15, 0.2) is 35.4 Å². The average Bonchev–Trinajstić information content (AvgIpc) is 3.45. The Morgan fingerprint density at radius 2 is 1.62 bits per heavy atom. The lowest BCUT2D eigenvalue weighted by molar-refractivity contribution is -0.193. The predicted octanol–water partition coefficient (Wildman–Crippen LogP) is 9.34. The van der Waals surface area contributed by atoms with Crippen LogP contribution < -0.4 is 10.6 Å². The summed E-state index contributed by atoms with van der Waals surface area (Å²) < 4.78 is 5.62. The van der Waals surface area contributed by atoms with Crippen LogP contribution in [-0.2, 0) is 19.1 Å². The second kappa shape index (κ2) is 15.1. The summed E-state index contributed by atoms with van der Waals surface area (Å²) in [5.41, 5.74) is 3.16. The Morgan fingerprint density at radius 1 is 0.914 bits per heavy atom. The lowest BCUT2D eigenvalue weighted by Gasteiger charge is -2.69. The van der Waals surface area contributed by atoms with Gasteiger partial charge in [0.05, 0.1) is 24.7 Å². The van der Waals surface area contributed by atoms with E-state index in [0.717, 1.165) is 44.2 Å². The van der Waals surface area contributed by atoms with Gasteiger partial charge in [0.2, 0.25) is 0 Å². The fraction of sp³-hybridized carbons (Fsp3) is 0.755. The highest BCUT2D eigenvalue weighted by atomic mass is 35.5. The summed E-state index contributed by atoms with van der Waals surface area (Å²) in [6.07, 6.45) is 11.9. The number of hydrogen-bond acceptors (Lipinski definition) is 6. The number of aliphatic carboxylic acids is 1. The number of Topliss-reactive ketones (excluding diaryl/α,β-unsaturated/α-hetero) is 2. The number of hydrogen-bond donors (Lipinski definition) is 3. The van der Waals surface area contributed by atoms with Crippen LogP contribution in [0.4, 0.5) is 0 Å². The second-order valence-corrected chi connectivity index (χ2v) is 22.3. The molecule has 58 heavy (non-hydrogen) atoms. The number of fused-ring (bicyclic) bond motifs is 7. The molecule has 1 aromatic carbocycles. The quantitative estimate of drug-likeness (QED) is 0.180. The van der Waals surface area contributed by atoms with Gasteiger partial charge in [-0.15, -0.1) is 0 Å². The molecule has 1 saturated heterocycles. The summed E-state index contributed by atoms with van der Waals surface area (Å²) in [5, 5.41) is 17.1. The highest BCUT2D eigenvalue weighted by molar-refractivity contribution is 6.30. The van der Waals surface area contributed by atoms with Crippen molar-refractivity contribution < 1.29 is 29.0 Å². The van der Waals surface area contributed by atoms with E-state index in [9.17, 15) is 24.3 Å². The molecular weight excluding hydrogens is 748 g/mol. The van der Waals surface area contributed by atoms with E-state index in [-0.39, 0.29) is 51.2 Å². The molecule has 0 bridgehead atoms. The number of amides is 1. The van der Waals surface area contributed by atoms with Gasteiger partial charge < -0.3 is 20.5 Å². The number of allylic oxidation sites excluding steroid dienone is 2. The Labute approximate surface area is 351 Å². The van der Waals surface area contributed by atoms with E-state index in [1.54, 1.807) is 24.3 Å². The Morgan fingerprint density at radius 3 is 2.26 bits per heavy atom. The summed E-state index contributed by atoms with van der Waals surface area (Å²) in [6, 6.07) is 6.97. The Hall–Kier alpha value is -2.55. The summed E-state index contributed by atoms with van der Waals surface area (Å²) in [7, 11) is 0. The molecule has 8 rings (SSSR count). The minimum absolute atomic E-state index is 0.0444. The average molecular weight is 818 g/mol. The van der Waals surface area contributed by atoms with Gasteiger partial charge >= 0.3 is 5.97 Å². The van der Waals surface area contributed by atoms with Crippen molar-refractivity contribution >= 4 is 35.0 Å². The van der Waals surface area contributed by atoms with Crippen molar-refractivity contribution in [2.24, 2.45) is 74.9 Å². The van der Waals surface area contributed by atoms with Gasteiger partial charge in [-0.25, -0.2) is 0 Å². The molecule has 7 aliphatic rings. The molecule has 5 saturated carbocycles. The van der Waals surface area contributed by atoms with E-state index in [4.69, 9.17) is 16.3 Å². The van der Waals surface area contributed by atoms with Crippen molar-refractivity contribution in [2.75, 3.05) is 26.3 Å². The molecule has 6 aliphatic carbocycles. The first-order chi connectivity index (χ1) is 27.4. The third kappa shape index (κ3) is 6.76. The number of nitrogens with one attached hydrogen (secondary N) is 2. The lowest BCUT2D eigenvalue weighted by Crippen LogP contribution is -2.67. The highest BCUT2D eigenvalue weighted by Crippen LogP contribution is 2.74. The van der Waals surface area contributed by atoms with Crippen LogP contribution in [0.1, 0.15) is 136 Å². The van der Waals surface area contributed by atoms with Gasteiger partial charge in [-0.1, -0.05) is 65.6 Å². The van der Waals surface area contributed by atoms with E-state index >= 15 is 0 Å². The number of carbonyl (C=O) groups excluding carboxylic acids is 3. The zero-order chi connectivity index (χ0) is 41.6. The molecular formula is C49H69ClN2O6. The van der Waals surface area contributed by atoms with E-state index in [1.807, 2.05) is 6.92 Å². The molecule has 1 aliphatic heterocycles. The van der Waals surface area contributed by atoms with Gasteiger partial charge in [-0.3, -0.25) is 19.2 Å². The number of carbonyl (C=O) groups is 4. The molecule has 9 heteroatoms. The maximum Gasteiger partial charge on any atom is 0.306 e. The largest absolute Gasteiger partial charge is 0.481 e. The summed E-state index contributed by atoms with van der Waals surface area (Å²) in [6.45, 7) is 18.9. The van der Waals surface area contributed by atoms with Crippen LogP contribution in [0.5, 0.6) is 0 Å². The molecule has 3 N–H and O–H groups in total. The second-order valence-electron chi connectivity index (χ2n) is 21.9. The van der Waals surface area contributed by atoms with Crippen LogP contribution >= 0.6 is 11.6 Å². The first-order valence-corrected chi connectivity index (χ1v) is 23.1. The fourth-order valence-corrected chi connectivity index (χ4v) is 15.4. The van der Waals surface area contributed by atoms with Crippen LogP contribution in [0, 0.1) is 74.9 Å². The number of halogens is 1. The van der Waals surface area contributed by atoms with Gasteiger partial charge in [0, 0.05) is 41.3 Å². The van der Waals surface area contributed by atoms with E-state index in [2.05, 4.69) is 52.2 Å². The number of benzene rings is 1. The molecule has 11 atom stereocenters. The third-order valence-corrected chi connectivity index (χ3v) is 18.7. The maximum absolute atomic E-state index is 14.1. The highest BCUT2D eigenvalue weighted by Gasteiger charge is 2.66. The normalized spacial score (nSPS) is 39.7. The van der Waals surface area contributed by atoms with E-state index < -0.39 is 11.5 Å². The standard InChI is InChI=1S/C49H69ClN2O6/c1-28(2)41-38(54)24-48(20-21-51-25-49(26-58-27-49)52-43(55)30-8-10-32(50)11-9-30)19-15-36-33(42(41)48)12-13-40-46(36,6)18-16-39-45(4,5)31(14-17-47(39,40)7)22-37(53)34-23-35(29(34)3)44(56)57/h8-11,28-29,31,33-36,39-40,51H,12-27H2,1-7H3,(H,52,55)(H,56,57). The van der Waals surface area contributed by atoms with Crippen molar-refractivity contribution in [1.29, 1.82) is 0 Å². The van der Waals surface area contributed by atoms with Gasteiger partial charge in [0.1, 0.15) is 5.78 Å². The molecule has 318 valence electrons. The molecule has 0 aromatic heterocycles. The van der Waals surface area contributed by atoms with Gasteiger partial charge in [-0.05, 0) is 158 Å². The Balaban J connectivity index is 0.955. The molecule has 1 aromatic rings. The first-order valence-electron chi connectivity index (χ1n) is 22.8. The first kappa shape index (κ1) is 42.2. The van der Waals surface area contributed by atoms with E-state index in [1.165, 1.54) is 31.3 Å². The zero-order valence-corrected chi connectivity index (χ0v) is 36.9. The zero-order valence-electron chi connectivity index (χ0n) is 36.2. The molecule has 11 unspecified atom stereocenters. The number of ketones is 2. The van der Waals surface area contributed by atoms with Crippen LogP contribution in [0.2, 0.25) is 5.02 Å². The maximum atomic E-state index is 14.1. The Bertz CT molecular complexity index is 1850. The van der Waals surface area contributed by atoms with Crippen LogP contribution in [0.3, 0.4) is 0 Å². The monoisotopic (exact) mass is 816 g/mol. The van der Waals surface area contributed by atoms with Crippen molar-refractivity contribution in [3.05, 3.63) is 46.0 Å². The lowest BCUT2D eigenvalue weighted by atomic mass is 9.35. The van der Waals surface area contributed by atoms with Gasteiger partial charge in [0.25, 0.3) is 5.91 Å². The van der Waals surface area contributed by atoms with Crippen molar-refractivity contribution in [3.8, 4) is 0 Å². The molecule has 1 heterocycles. The summed E-state index contributed by atoms with van der Waals surface area (Å²) in [5.74, 6) is 2.01.